The number of benzene rings is 2. The topological polar surface area (TPSA) is 29.3 Å². The number of nitrogen functional groups attached to an aromatic ring is 1. The van der Waals surface area contributed by atoms with Crippen LogP contribution < -0.4 is 10.6 Å². The van der Waals surface area contributed by atoms with E-state index in [0.29, 0.717) is 17.9 Å². The van der Waals surface area contributed by atoms with Crippen molar-refractivity contribution in [3.8, 4) is 0 Å². The fourth-order valence-electron chi connectivity index (χ4n) is 1.92. The number of halogens is 3. The van der Waals surface area contributed by atoms with Gasteiger partial charge in [-0.05, 0) is 31.2 Å². The summed E-state index contributed by atoms with van der Waals surface area (Å²) in [6.07, 6.45) is 0. The largest absolute Gasteiger partial charge is 0.397 e. The first-order chi connectivity index (χ1) is 9.02. The first-order valence-electron chi connectivity index (χ1n) is 5.80. The molecule has 2 aromatic rings. The monoisotopic (exact) mass is 282 g/mol. The molecule has 0 aliphatic rings. The fraction of sp³-hybridized carbons (Fsp3) is 0.143. The van der Waals surface area contributed by atoms with Gasteiger partial charge >= 0.3 is 0 Å². The first-order valence-corrected chi connectivity index (χ1v) is 6.18. The minimum Gasteiger partial charge on any atom is -0.397 e. The summed E-state index contributed by atoms with van der Waals surface area (Å²) in [4.78, 5) is 1.77. The molecule has 0 bridgehead atoms. The number of rotatable bonds is 3. The van der Waals surface area contributed by atoms with Crippen LogP contribution in [0, 0.1) is 11.6 Å². The Labute approximate surface area is 115 Å². The Kier molecular flexibility index (Phi) is 3.90. The van der Waals surface area contributed by atoms with E-state index in [0.717, 1.165) is 0 Å². The molecule has 100 valence electrons. The molecule has 0 heterocycles. The van der Waals surface area contributed by atoms with Gasteiger partial charge in [-0.25, -0.2) is 8.78 Å². The van der Waals surface area contributed by atoms with Crippen molar-refractivity contribution in [3.05, 3.63) is 53.1 Å². The molecule has 0 amide bonds. The van der Waals surface area contributed by atoms with Gasteiger partial charge in [0, 0.05) is 18.3 Å². The smallest absolute Gasteiger partial charge is 0.143 e. The molecular weight excluding hydrogens is 270 g/mol. The van der Waals surface area contributed by atoms with Crippen molar-refractivity contribution in [1.82, 2.24) is 0 Å². The van der Waals surface area contributed by atoms with Crippen LogP contribution in [-0.2, 0) is 0 Å². The van der Waals surface area contributed by atoms with Gasteiger partial charge in [0.15, 0.2) is 0 Å². The zero-order valence-electron chi connectivity index (χ0n) is 10.3. The van der Waals surface area contributed by atoms with Gasteiger partial charge in [0.25, 0.3) is 0 Å². The van der Waals surface area contributed by atoms with Gasteiger partial charge in [0.2, 0.25) is 0 Å². The van der Waals surface area contributed by atoms with E-state index in [9.17, 15) is 8.78 Å². The highest BCUT2D eigenvalue weighted by Crippen LogP contribution is 2.34. The molecule has 2 rings (SSSR count). The second kappa shape index (κ2) is 5.45. The van der Waals surface area contributed by atoms with Gasteiger partial charge in [-0.2, -0.15) is 0 Å². The van der Waals surface area contributed by atoms with Crippen molar-refractivity contribution in [3.63, 3.8) is 0 Å². The highest BCUT2D eigenvalue weighted by atomic mass is 35.5. The summed E-state index contributed by atoms with van der Waals surface area (Å²) >= 11 is 5.77. The van der Waals surface area contributed by atoms with Gasteiger partial charge in [0.05, 0.1) is 16.4 Å². The second-order valence-electron chi connectivity index (χ2n) is 4.05. The molecule has 0 aliphatic heterocycles. The van der Waals surface area contributed by atoms with Crippen LogP contribution in [0.2, 0.25) is 5.02 Å². The Morgan fingerprint density at radius 3 is 2.58 bits per heavy atom. The van der Waals surface area contributed by atoms with E-state index in [2.05, 4.69) is 0 Å². The SMILES string of the molecule is CCN(c1cccc(F)c1)c1cc(Cl)c(F)cc1N. The van der Waals surface area contributed by atoms with E-state index < -0.39 is 5.82 Å². The van der Waals surface area contributed by atoms with Crippen LogP contribution in [0.25, 0.3) is 0 Å². The lowest BCUT2D eigenvalue weighted by molar-refractivity contribution is 0.626. The van der Waals surface area contributed by atoms with E-state index in [1.165, 1.54) is 24.3 Å². The fourth-order valence-corrected chi connectivity index (χ4v) is 2.08. The third-order valence-electron chi connectivity index (χ3n) is 2.80. The van der Waals surface area contributed by atoms with Crippen LogP contribution in [0.15, 0.2) is 36.4 Å². The summed E-state index contributed by atoms with van der Waals surface area (Å²) in [5.41, 5.74) is 7.26. The molecule has 2 aromatic carbocycles. The molecule has 0 spiro atoms. The first kappa shape index (κ1) is 13.6. The number of anilines is 3. The van der Waals surface area contributed by atoms with Crippen molar-refractivity contribution in [2.45, 2.75) is 6.92 Å². The second-order valence-corrected chi connectivity index (χ2v) is 4.46. The van der Waals surface area contributed by atoms with Gasteiger partial charge < -0.3 is 10.6 Å². The standard InChI is InChI=1S/C14H13ClF2N2/c1-2-19(10-5-3-4-9(16)6-10)14-7-11(15)12(17)8-13(14)18/h3-8H,2,18H2,1H3. The van der Waals surface area contributed by atoms with Crippen LogP contribution in [-0.4, -0.2) is 6.54 Å². The molecule has 0 saturated heterocycles. The molecule has 0 atom stereocenters. The molecular formula is C14H13ClF2N2. The average Bonchev–Trinajstić information content (AvgIpc) is 2.36. The van der Waals surface area contributed by atoms with Crippen LogP contribution in [0.3, 0.4) is 0 Å². The lowest BCUT2D eigenvalue weighted by Gasteiger charge is -2.25. The molecule has 2 nitrogen and oxygen atoms in total. The Bertz CT molecular complexity index is 602. The quantitative estimate of drug-likeness (QED) is 0.848. The minimum atomic E-state index is -0.571. The third kappa shape index (κ3) is 2.79. The number of hydrogen-bond donors (Lipinski definition) is 1. The van der Waals surface area contributed by atoms with Gasteiger partial charge in [0.1, 0.15) is 11.6 Å². The summed E-state index contributed by atoms with van der Waals surface area (Å²) in [7, 11) is 0. The van der Waals surface area contributed by atoms with Crippen LogP contribution in [0.4, 0.5) is 25.8 Å². The molecule has 0 aliphatic carbocycles. The maximum atomic E-state index is 13.3. The Hall–Kier alpha value is -1.81. The number of nitrogens with two attached hydrogens (primary N) is 1. The zero-order chi connectivity index (χ0) is 14.0. The summed E-state index contributed by atoms with van der Waals surface area (Å²) < 4.78 is 26.6. The van der Waals surface area contributed by atoms with Crippen molar-refractivity contribution >= 4 is 28.7 Å². The van der Waals surface area contributed by atoms with Gasteiger partial charge in [-0.15, -0.1) is 0 Å². The molecule has 19 heavy (non-hydrogen) atoms. The Morgan fingerprint density at radius 2 is 1.95 bits per heavy atom. The van der Waals surface area contributed by atoms with E-state index in [1.54, 1.807) is 17.0 Å². The highest BCUT2D eigenvalue weighted by molar-refractivity contribution is 6.31. The van der Waals surface area contributed by atoms with E-state index in [1.807, 2.05) is 6.92 Å². The van der Waals surface area contributed by atoms with Gasteiger partial charge in [-0.3, -0.25) is 0 Å². The third-order valence-corrected chi connectivity index (χ3v) is 3.09. The molecule has 0 radical (unpaired) electrons. The molecule has 5 heteroatoms. The van der Waals surface area contributed by atoms with Crippen molar-refractivity contribution in [2.24, 2.45) is 0 Å². The predicted octanol–water partition coefficient (Wildman–Crippen LogP) is 4.36. The normalized spacial score (nSPS) is 10.5. The summed E-state index contributed by atoms with van der Waals surface area (Å²) in [6.45, 7) is 2.44. The lowest BCUT2D eigenvalue weighted by atomic mass is 10.2. The average molecular weight is 283 g/mol. The van der Waals surface area contributed by atoms with Crippen molar-refractivity contribution in [1.29, 1.82) is 0 Å². The van der Waals surface area contributed by atoms with Gasteiger partial charge in [-0.1, -0.05) is 17.7 Å². The maximum Gasteiger partial charge on any atom is 0.143 e. The molecule has 0 aromatic heterocycles. The zero-order valence-corrected chi connectivity index (χ0v) is 11.1. The minimum absolute atomic E-state index is 0.0148. The summed E-state index contributed by atoms with van der Waals surface area (Å²) in [5.74, 6) is -0.916. The summed E-state index contributed by atoms with van der Waals surface area (Å²) in [5, 5.41) is -0.0148. The highest BCUT2D eigenvalue weighted by Gasteiger charge is 2.14. The summed E-state index contributed by atoms with van der Waals surface area (Å²) in [6, 6.07) is 8.72. The molecule has 0 saturated carbocycles. The number of nitrogens with zero attached hydrogens (tertiary/aromatic N) is 1. The van der Waals surface area contributed by atoms with E-state index >= 15 is 0 Å². The lowest BCUT2D eigenvalue weighted by Crippen LogP contribution is -2.17. The van der Waals surface area contributed by atoms with Crippen molar-refractivity contribution in [2.75, 3.05) is 17.2 Å². The Balaban J connectivity index is 2.51. The van der Waals surface area contributed by atoms with Crippen LogP contribution in [0.5, 0.6) is 0 Å². The maximum absolute atomic E-state index is 13.3. The van der Waals surface area contributed by atoms with E-state index in [-0.39, 0.29) is 16.5 Å². The predicted molar refractivity (Wildman–Crippen MR) is 74.9 cm³/mol. The van der Waals surface area contributed by atoms with E-state index in [4.69, 9.17) is 17.3 Å². The number of hydrogen-bond acceptors (Lipinski definition) is 2. The molecule has 0 fully saturated rings. The molecule has 0 unspecified atom stereocenters. The van der Waals surface area contributed by atoms with Crippen LogP contribution >= 0.6 is 11.6 Å². The van der Waals surface area contributed by atoms with Crippen molar-refractivity contribution < 1.29 is 8.78 Å². The molecule has 2 N–H and O–H groups in total. The van der Waals surface area contributed by atoms with Crippen LogP contribution in [0.1, 0.15) is 6.92 Å². The Morgan fingerprint density at radius 1 is 1.21 bits per heavy atom.